The SMILES string of the molecule is FC(Cl)(Cl)Sc1cnn(-c2c(Cl)cc(C(F)(F)F)cc2Cl)c1. The van der Waals surface area contributed by atoms with Gasteiger partial charge in [-0.25, -0.2) is 4.68 Å². The van der Waals surface area contributed by atoms with Gasteiger partial charge in [-0.3, -0.25) is 0 Å². The van der Waals surface area contributed by atoms with Crippen LogP contribution in [0.1, 0.15) is 5.56 Å². The Morgan fingerprint density at radius 2 is 1.59 bits per heavy atom. The summed E-state index contributed by atoms with van der Waals surface area (Å²) in [6.45, 7) is 0. The van der Waals surface area contributed by atoms with E-state index in [9.17, 15) is 17.6 Å². The fourth-order valence-electron chi connectivity index (χ4n) is 1.56. The van der Waals surface area contributed by atoms with Crippen molar-refractivity contribution in [1.82, 2.24) is 9.78 Å². The molecule has 2 rings (SSSR count). The number of thioether (sulfide) groups is 1. The van der Waals surface area contributed by atoms with Gasteiger partial charge in [0, 0.05) is 6.20 Å². The minimum absolute atomic E-state index is 0.0248. The van der Waals surface area contributed by atoms with Gasteiger partial charge in [-0.2, -0.15) is 22.7 Å². The minimum Gasteiger partial charge on any atom is -0.237 e. The number of aromatic nitrogens is 2. The summed E-state index contributed by atoms with van der Waals surface area (Å²) in [5.41, 5.74) is -0.964. The van der Waals surface area contributed by atoms with Gasteiger partial charge < -0.3 is 0 Å². The molecule has 0 spiro atoms. The van der Waals surface area contributed by atoms with Gasteiger partial charge in [-0.15, -0.1) is 0 Å². The highest BCUT2D eigenvalue weighted by Crippen LogP contribution is 2.42. The Bertz CT molecular complexity index is 673. The Labute approximate surface area is 146 Å². The zero-order valence-corrected chi connectivity index (χ0v) is 14.0. The monoisotopic (exact) mass is 412 g/mol. The van der Waals surface area contributed by atoms with Gasteiger partial charge >= 0.3 is 10.1 Å². The molecule has 22 heavy (non-hydrogen) atoms. The largest absolute Gasteiger partial charge is 0.416 e. The predicted molar refractivity (Wildman–Crippen MR) is 80.0 cm³/mol. The fraction of sp³-hybridized carbons (Fsp3) is 0.182. The Morgan fingerprint density at radius 3 is 2.05 bits per heavy atom. The first-order valence-corrected chi connectivity index (χ1v) is 7.67. The molecule has 2 nitrogen and oxygen atoms in total. The van der Waals surface area contributed by atoms with Crippen molar-refractivity contribution in [3.8, 4) is 5.69 Å². The van der Waals surface area contributed by atoms with E-state index in [-0.39, 0.29) is 20.6 Å². The molecule has 1 heterocycles. The quantitative estimate of drug-likeness (QED) is 0.331. The van der Waals surface area contributed by atoms with Crippen molar-refractivity contribution in [2.45, 2.75) is 15.0 Å². The van der Waals surface area contributed by atoms with E-state index in [2.05, 4.69) is 5.10 Å². The molecule has 0 amide bonds. The summed E-state index contributed by atoms with van der Waals surface area (Å²) in [7, 11) is 0. The first kappa shape index (κ1) is 18.0. The Kier molecular flexibility index (Phi) is 5.14. The minimum atomic E-state index is -4.58. The van der Waals surface area contributed by atoms with Crippen LogP contribution in [-0.4, -0.2) is 13.7 Å². The topological polar surface area (TPSA) is 17.8 Å². The zero-order valence-electron chi connectivity index (χ0n) is 10.1. The molecule has 0 radical (unpaired) electrons. The highest BCUT2D eigenvalue weighted by Gasteiger charge is 2.32. The van der Waals surface area contributed by atoms with Gasteiger partial charge in [-0.05, 0) is 23.9 Å². The normalized spacial score (nSPS) is 12.7. The van der Waals surface area contributed by atoms with E-state index in [0.29, 0.717) is 11.8 Å². The molecule has 0 saturated carbocycles. The molecule has 0 aliphatic carbocycles. The average molecular weight is 414 g/mol. The third kappa shape index (κ3) is 4.35. The molecule has 0 aliphatic rings. The fourth-order valence-corrected chi connectivity index (χ4v) is 3.28. The number of alkyl halides is 6. The third-order valence-electron chi connectivity index (χ3n) is 2.37. The number of hydrogen-bond donors (Lipinski definition) is 0. The van der Waals surface area contributed by atoms with Crippen LogP contribution in [0.25, 0.3) is 5.69 Å². The molecule has 120 valence electrons. The second kappa shape index (κ2) is 6.28. The van der Waals surface area contributed by atoms with Crippen molar-refractivity contribution in [2.75, 3.05) is 0 Å². The molecule has 2 aromatic rings. The van der Waals surface area contributed by atoms with Crippen molar-refractivity contribution in [1.29, 1.82) is 0 Å². The van der Waals surface area contributed by atoms with Crippen LogP contribution in [0, 0.1) is 0 Å². The number of rotatable bonds is 3. The lowest BCUT2D eigenvalue weighted by Gasteiger charge is -2.12. The Hall–Kier alpha value is -0.340. The van der Waals surface area contributed by atoms with E-state index < -0.39 is 15.7 Å². The summed E-state index contributed by atoms with van der Waals surface area (Å²) in [5.74, 6) is 0. The zero-order chi connectivity index (χ0) is 16.7. The smallest absolute Gasteiger partial charge is 0.237 e. The van der Waals surface area contributed by atoms with E-state index in [1.165, 1.54) is 12.4 Å². The van der Waals surface area contributed by atoms with Crippen LogP contribution in [0.3, 0.4) is 0 Å². The molecule has 0 saturated heterocycles. The Balaban J connectivity index is 2.42. The number of halogens is 8. The Morgan fingerprint density at radius 1 is 1.05 bits per heavy atom. The van der Waals surface area contributed by atoms with Crippen LogP contribution in [0.4, 0.5) is 17.6 Å². The van der Waals surface area contributed by atoms with Crippen LogP contribution in [-0.2, 0) is 6.18 Å². The maximum Gasteiger partial charge on any atom is 0.416 e. The summed E-state index contributed by atoms with van der Waals surface area (Å²) >= 11 is 22.5. The highest BCUT2D eigenvalue weighted by molar-refractivity contribution is 8.03. The molecular formula is C11H4Cl4F4N2S. The van der Waals surface area contributed by atoms with Gasteiger partial charge in [0.1, 0.15) is 5.69 Å². The molecule has 0 N–H and O–H groups in total. The molecule has 0 fully saturated rings. The van der Waals surface area contributed by atoms with Crippen molar-refractivity contribution >= 4 is 58.2 Å². The lowest BCUT2D eigenvalue weighted by Crippen LogP contribution is -2.06. The van der Waals surface area contributed by atoms with Gasteiger partial charge in [0.2, 0.25) is 0 Å². The van der Waals surface area contributed by atoms with E-state index in [4.69, 9.17) is 46.4 Å². The second-order valence-corrected chi connectivity index (χ2v) is 7.69. The van der Waals surface area contributed by atoms with Crippen molar-refractivity contribution in [2.24, 2.45) is 0 Å². The van der Waals surface area contributed by atoms with Crippen LogP contribution in [0.15, 0.2) is 29.4 Å². The van der Waals surface area contributed by atoms with Crippen molar-refractivity contribution in [3.63, 3.8) is 0 Å². The van der Waals surface area contributed by atoms with E-state index in [0.717, 1.165) is 16.8 Å². The van der Waals surface area contributed by atoms with E-state index in [1.807, 2.05) is 0 Å². The molecule has 0 aliphatic heterocycles. The first-order chi connectivity index (χ1) is 9.97. The molecule has 11 heteroatoms. The molecule has 1 aromatic heterocycles. The average Bonchev–Trinajstić information content (AvgIpc) is 2.72. The summed E-state index contributed by atoms with van der Waals surface area (Å²) in [5, 5.41) is 3.32. The van der Waals surface area contributed by atoms with E-state index >= 15 is 0 Å². The van der Waals surface area contributed by atoms with Crippen LogP contribution < -0.4 is 0 Å². The van der Waals surface area contributed by atoms with Gasteiger partial charge in [0.15, 0.2) is 0 Å². The summed E-state index contributed by atoms with van der Waals surface area (Å²) in [6.07, 6.45) is -2.08. The highest BCUT2D eigenvalue weighted by atomic mass is 35.5. The maximum absolute atomic E-state index is 13.1. The van der Waals surface area contributed by atoms with Crippen molar-refractivity contribution < 1.29 is 17.6 Å². The first-order valence-electron chi connectivity index (χ1n) is 5.34. The lowest BCUT2D eigenvalue weighted by atomic mass is 10.2. The van der Waals surface area contributed by atoms with Crippen molar-refractivity contribution in [3.05, 3.63) is 40.1 Å². The third-order valence-corrected chi connectivity index (χ3v) is 4.08. The molecule has 0 bridgehead atoms. The number of hydrogen-bond acceptors (Lipinski definition) is 2. The maximum atomic E-state index is 13.1. The van der Waals surface area contributed by atoms with Crippen LogP contribution in [0.2, 0.25) is 10.0 Å². The lowest BCUT2D eigenvalue weighted by molar-refractivity contribution is -0.137. The molecule has 0 atom stereocenters. The number of nitrogens with zero attached hydrogens (tertiary/aromatic N) is 2. The standard InChI is InChI=1S/C11H4Cl4F4N2S/c12-7-1-5(10(16,17)18)2-8(13)9(7)21-4-6(3-20-21)22-11(14,15)19/h1-4H. The molecular weight excluding hydrogens is 410 g/mol. The van der Waals surface area contributed by atoms with E-state index in [1.54, 1.807) is 0 Å². The van der Waals surface area contributed by atoms with Gasteiger partial charge in [0.05, 0.1) is 26.7 Å². The summed E-state index contributed by atoms with van der Waals surface area (Å²) in [6, 6.07) is 1.44. The summed E-state index contributed by atoms with van der Waals surface area (Å²) < 4.78 is 49.6. The summed E-state index contributed by atoms with van der Waals surface area (Å²) in [4.78, 5) is 0.236. The van der Waals surface area contributed by atoms with Gasteiger partial charge in [0.25, 0.3) is 0 Å². The van der Waals surface area contributed by atoms with Gasteiger partial charge in [-0.1, -0.05) is 46.4 Å². The predicted octanol–water partition coefficient (Wildman–Crippen LogP) is 6.35. The molecule has 1 aromatic carbocycles. The number of benzene rings is 1. The van der Waals surface area contributed by atoms with Crippen LogP contribution in [0.5, 0.6) is 0 Å². The second-order valence-electron chi connectivity index (χ2n) is 3.95. The molecule has 0 unspecified atom stereocenters. The van der Waals surface area contributed by atoms with Crippen LogP contribution >= 0.6 is 58.2 Å².